The van der Waals surface area contributed by atoms with Crippen molar-refractivity contribution in [2.24, 2.45) is 11.7 Å². The van der Waals surface area contributed by atoms with Gasteiger partial charge in [0.2, 0.25) is 11.8 Å². The van der Waals surface area contributed by atoms with Crippen LogP contribution in [0.25, 0.3) is 6.08 Å². The Morgan fingerprint density at radius 3 is 2.50 bits per heavy atom. The second kappa shape index (κ2) is 8.83. The first-order valence-corrected chi connectivity index (χ1v) is 10.2. The molecule has 2 N–H and O–H groups in total. The van der Waals surface area contributed by atoms with Crippen LogP contribution >= 0.6 is 24.0 Å². The highest BCUT2D eigenvalue weighted by atomic mass is 32.2. The number of carbonyl (C=O) groups is 3. The number of benzene rings is 1. The molecule has 0 bridgehead atoms. The molecule has 0 unspecified atom stereocenters. The van der Waals surface area contributed by atoms with Crippen LogP contribution in [-0.4, -0.2) is 51.5 Å². The van der Waals surface area contributed by atoms with Gasteiger partial charge in [0.05, 0.1) is 4.91 Å². The maximum Gasteiger partial charge on any atom is 0.266 e. The zero-order chi connectivity index (χ0) is 20.3. The number of nitrogens with zero attached hydrogens (tertiary/aromatic N) is 2. The third kappa shape index (κ3) is 4.77. The van der Waals surface area contributed by atoms with Crippen LogP contribution in [0.5, 0.6) is 0 Å². The van der Waals surface area contributed by atoms with Crippen molar-refractivity contribution in [1.82, 2.24) is 9.80 Å². The van der Waals surface area contributed by atoms with Gasteiger partial charge >= 0.3 is 0 Å². The summed E-state index contributed by atoms with van der Waals surface area (Å²) in [5.74, 6) is -1.16. The van der Waals surface area contributed by atoms with E-state index in [2.05, 4.69) is 0 Å². The van der Waals surface area contributed by atoms with E-state index in [0.29, 0.717) is 40.7 Å². The molecule has 0 aromatic heterocycles. The molecule has 9 heteroatoms. The Kier molecular flexibility index (Phi) is 6.46. The first-order chi connectivity index (χ1) is 13.3. The summed E-state index contributed by atoms with van der Waals surface area (Å²) in [6, 6.07) is 5.82. The SMILES string of the molecule is NC(=O)C1CCN(C(=O)CCN2C(=O)C(=Cc3ccc(F)cc3)SC2=S)CC1. The predicted octanol–water partition coefficient (Wildman–Crippen LogP) is 2.14. The highest BCUT2D eigenvalue weighted by Crippen LogP contribution is 2.32. The monoisotopic (exact) mass is 421 g/mol. The molecule has 2 aliphatic rings. The van der Waals surface area contributed by atoms with E-state index in [1.54, 1.807) is 23.1 Å². The minimum Gasteiger partial charge on any atom is -0.369 e. The summed E-state index contributed by atoms with van der Waals surface area (Å²) < 4.78 is 13.4. The number of halogens is 1. The highest BCUT2D eigenvalue weighted by Gasteiger charge is 2.33. The molecule has 0 atom stereocenters. The van der Waals surface area contributed by atoms with Crippen LogP contribution in [0.4, 0.5) is 4.39 Å². The van der Waals surface area contributed by atoms with E-state index in [1.165, 1.54) is 28.8 Å². The number of rotatable bonds is 5. The summed E-state index contributed by atoms with van der Waals surface area (Å²) >= 11 is 6.45. The first-order valence-electron chi connectivity index (χ1n) is 8.93. The fraction of sp³-hybridized carbons (Fsp3) is 0.368. The molecule has 2 saturated heterocycles. The summed E-state index contributed by atoms with van der Waals surface area (Å²) in [7, 11) is 0. The highest BCUT2D eigenvalue weighted by molar-refractivity contribution is 8.26. The van der Waals surface area contributed by atoms with Crippen LogP contribution in [0.15, 0.2) is 29.2 Å². The van der Waals surface area contributed by atoms with Crippen molar-refractivity contribution in [3.8, 4) is 0 Å². The van der Waals surface area contributed by atoms with E-state index >= 15 is 0 Å². The fourth-order valence-electron chi connectivity index (χ4n) is 3.18. The molecule has 1 aromatic rings. The molecule has 3 amide bonds. The number of carbonyl (C=O) groups excluding carboxylic acids is 3. The van der Waals surface area contributed by atoms with Gasteiger partial charge < -0.3 is 10.6 Å². The van der Waals surface area contributed by atoms with Gasteiger partial charge in [0, 0.05) is 32.0 Å². The number of hydrogen-bond acceptors (Lipinski definition) is 5. The van der Waals surface area contributed by atoms with Crippen LogP contribution in [0.3, 0.4) is 0 Å². The molecule has 0 saturated carbocycles. The second-order valence-corrected chi connectivity index (χ2v) is 8.37. The molecule has 2 aliphatic heterocycles. The van der Waals surface area contributed by atoms with E-state index in [0.717, 1.165) is 0 Å². The van der Waals surface area contributed by atoms with Crippen molar-refractivity contribution >= 4 is 52.1 Å². The van der Waals surface area contributed by atoms with Crippen molar-refractivity contribution < 1.29 is 18.8 Å². The van der Waals surface area contributed by atoms with Gasteiger partial charge in [0.15, 0.2) is 0 Å². The van der Waals surface area contributed by atoms with E-state index < -0.39 is 0 Å². The summed E-state index contributed by atoms with van der Waals surface area (Å²) in [5, 5.41) is 0. The average molecular weight is 422 g/mol. The van der Waals surface area contributed by atoms with E-state index in [4.69, 9.17) is 18.0 Å². The molecule has 3 rings (SSSR count). The summed E-state index contributed by atoms with van der Waals surface area (Å²) in [4.78, 5) is 39.8. The molecule has 2 heterocycles. The third-order valence-electron chi connectivity index (χ3n) is 4.84. The van der Waals surface area contributed by atoms with Gasteiger partial charge in [-0.05, 0) is 36.6 Å². The number of hydrogen-bond donors (Lipinski definition) is 1. The standard InChI is InChI=1S/C19H20FN3O3S2/c20-14-3-1-12(2-4-14)11-15-18(26)23(19(27)28-15)10-7-16(24)22-8-5-13(6-9-22)17(21)25/h1-4,11,13H,5-10H2,(H2,21,25). The molecule has 1 aromatic carbocycles. The average Bonchev–Trinajstić information content (AvgIpc) is 2.94. The molecule has 0 spiro atoms. The molecule has 148 valence electrons. The molecular weight excluding hydrogens is 401 g/mol. The normalized spacial score (nSPS) is 19.5. The Hall–Kier alpha value is -2.26. The van der Waals surface area contributed by atoms with Crippen LogP contribution in [0.2, 0.25) is 0 Å². The fourth-order valence-corrected chi connectivity index (χ4v) is 4.49. The minimum atomic E-state index is -0.344. The van der Waals surface area contributed by atoms with E-state index in [9.17, 15) is 18.8 Å². The van der Waals surface area contributed by atoms with Crippen molar-refractivity contribution in [3.05, 3.63) is 40.6 Å². The lowest BCUT2D eigenvalue weighted by molar-refractivity contribution is -0.135. The summed E-state index contributed by atoms with van der Waals surface area (Å²) in [5.41, 5.74) is 6.01. The molecular formula is C19H20FN3O3S2. The van der Waals surface area contributed by atoms with Gasteiger partial charge in [-0.3, -0.25) is 19.3 Å². The van der Waals surface area contributed by atoms with E-state index in [1.807, 2.05) is 0 Å². The smallest absolute Gasteiger partial charge is 0.266 e. The molecule has 28 heavy (non-hydrogen) atoms. The number of amides is 3. The lowest BCUT2D eigenvalue weighted by Gasteiger charge is -2.31. The number of thioether (sulfide) groups is 1. The molecule has 2 fully saturated rings. The second-order valence-electron chi connectivity index (χ2n) is 6.69. The van der Waals surface area contributed by atoms with Crippen molar-refractivity contribution in [1.29, 1.82) is 0 Å². The Morgan fingerprint density at radius 2 is 1.89 bits per heavy atom. The minimum absolute atomic E-state index is 0.0699. The zero-order valence-corrected chi connectivity index (χ0v) is 16.7. The van der Waals surface area contributed by atoms with Crippen LogP contribution in [-0.2, 0) is 14.4 Å². The van der Waals surface area contributed by atoms with Crippen LogP contribution in [0, 0.1) is 11.7 Å². The number of thiocarbonyl (C=S) groups is 1. The Morgan fingerprint density at radius 1 is 1.25 bits per heavy atom. The topological polar surface area (TPSA) is 83.7 Å². The third-order valence-corrected chi connectivity index (χ3v) is 6.22. The quantitative estimate of drug-likeness (QED) is 0.582. The molecule has 0 radical (unpaired) electrons. The van der Waals surface area contributed by atoms with Gasteiger partial charge in [-0.1, -0.05) is 36.1 Å². The molecule has 0 aliphatic carbocycles. The Bertz CT molecular complexity index is 833. The van der Waals surface area contributed by atoms with Gasteiger partial charge in [0.25, 0.3) is 5.91 Å². The van der Waals surface area contributed by atoms with Crippen molar-refractivity contribution in [2.75, 3.05) is 19.6 Å². The summed E-state index contributed by atoms with van der Waals surface area (Å²) in [6.45, 7) is 1.20. The number of likely N-dealkylation sites (tertiary alicyclic amines) is 1. The zero-order valence-electron chi connectivity index (χ0n) is 15.1. The maximum absolute atomic E-state index is 13.0. The van der Waals surface area contributed by atoms with Gasteiger partial charge in [-0.15, -0.1) is 0 Å². The van der Waals surface area contributed by atoms with Crippen LogP contribution in [0.1, 0.15) is 24.8 Å². The largest absolute Gasteiger partial charge is 0.369 e. The van der Waals surface area contributed by atoms with E-state index in [-0.39, 0.29) is 42.4 Å². The van der Waals surface area contributed by atoms with Crippen LogP contribution < -0.4 is 5.73 Å². The lowest BCUT2D eigenvalue weighted by Crippen LogP contribution is -2.43. The Balaban J connectivity index is 1.55. The summed E-state index contributed by atoms with van der Waals surface area (Å²) in [6.07, 6.45) is 2.97. The number of nitrogens with two attached hydrogens (primary N) is 1. The maximum atomic E-state index is 13.0. The van der Waals surface area contributed by atoms with Gasteiger partial charge in [0.1, 0.15) is 10.1 Å². The number of primary amides is 1. The van der Waals surface area contributed by atoms with Crippen molar-refractivity contribution in [3.63, 3.8) is 0 Å². The Labute approximate surface area is 171 Å². The van der Waals surface area contributed by atoms with Gasteiger partial charge in [-0.2, -0.15) is 0 Å². The first kappa shape index (κ1) is 20.5. The number of piperidine rings is 1. The van der Waals surface area contributed by atoms with Gasteiger partial charge in [-0.25, -0.2) is 4.39 Å². The molecule has 6 nitrogen and oxygen atoms in total. The van der Waals surface area contributed by atoms with Crippen molar-refractivity contribution in [2.45, 2.75) is 19.3 Å². The predicted molar refractivity (Wildman–Crippen MR) is 109 cm³/mol. The lowest BCUT2D eigenvalue weighted by atomic mass is 9.96.